The number of hydrogen-bond acceptors (Lipinski definition) is 4. The van der Waals surface area contributed by atoms with Gasteiger partial charge in [0, 0.05) is 30.9 Å². The molecule has 124 valence electrons. The first kappa shape index (κ1) is 16.0. The number of likely N-dealkylation sites (N-methyl/N-ethyl adjacent to an activating group) is 1. The summed E-state index contributed by atoms with van der Waals surface area (Å²) in [6, 6.07) is 8.06. The molecule has 0 bridgehead atoms. The molecule has 0 aromatic carbocycles. The monoisotopic (exact) mass is 315 g/mol. The van der Waals surface area contributed by atoms with Gasteiger partial charge in [0.1, 0.15) is 5.76 Å². The molecule has 23 heavy (non-hydrogen) atoms. The van der Waals surface area contributed by atoms with Crippen LogP contribution in [0.25, 0.3) is 0 Å². The average molecular weight is 315 g/mol. The summed E-state index contributed by atoms with van der Waals surface area (Å²) >= 11 is 0. The molecular formula is C18H25N3O2. The van der Waals surface area contributed by atoms with Gasteiger partial charge in [-0.15, -0.1) is 0 Å². The van der Waals surface area contributed by atoms with Crippen molar-refractivity contribution in [2.75, 3.05) is 20.6 Å². The molecule has 0 amide bonds. The van der Waals surface area contributed by atoms with Crippen LogP contribution in [0, 0.1) is 0 Å². The molecule has 1 unspecified atom stereocenters. The minimum atomic E-state index is 0.118. The second-order valence-corrected chi connectivity index (χ2v) is 6.50. The van der Waals surface area contributed by atoms with Crippen molar-refractivity contribution >= 4 is 0 Å². The maximum absolute atomic E-state index is 12.2. The minimum absolute atomic E-state index is 0.118. The van der Waals surface area contributed by atoms with Crippen LogP contribution in [0.15, 0.2) is 39.7 Å². The first-order valence-electron chi connectivity index (χ1n) is 8.25. The SMILES string of the molecule is CN(C)CCn1c2c(ccc1=O)CC(NCc1ccco1)CC2. The second kappa shape index (κ2) is 7.15. The maximum Gasteiger partial charge on any atom is 0.250 e. The summed E-state index contributed by atoms with van der Waals surface area (Å²) in [5, 5.41) is 3.56. The molecule has 1 atom stereocenters. The van der Waals surface area contributed by atoms with E-state index in [9.17, 15) is 4.79 Å². The lowest BCUT2D eigenvalue weighted by Gasteiger charge is -2.28. The largest absolute Gasteiger partial charge is 0.468 e. The van der Waals surface area contributed by atoms with E-state index in [0.717, 1.165) is 44.7 Å². The van der Waals surface area contributed by atoms with E-state index in [1.807, 2.05) is 36.9 Å². The van der Waals surface area contributed by atoms with E-state index in [2.05, 4.69) is 10.2 Å². The van der Waals surface area contributed by atoms with Gasteiger partial charge in [0.2, 0.25) is 0 Å². The molecular weight excluding hydrogens is 290 g/mol. The molecule has 1 aliphatic carbocycles. The van der Waals surface area contributed by atoms with E-state index in [1.165, 1.54) is 11.3 Å². The van der Waals surface area contributed by atoms with Crippen molar-refractivity contribution in [2.24, 2.45) is 0 Å². The lowest BCUT2D eigenvalue weighted by Crippen LogP contribution is -2.37. The summed E-state index contributed by atoms with van der Waals surface area (Å²) < 4.78 is 7.33. The van der Waals surface area contributed by atoms with E-state index in [4.69, 9.17) is 4.42 Å². The molecule has 5 heteroatoms. The highest BCUT2D eigenvalue weighted by molar-refractivity contribution is 5.25. The molecule has 0 aliphatic heterocycles. The highest BCUT2D eigenvalue weighted by atomic mass is 16.3. The third kappa shape index (κ3) is 3.92. The first-order valence-corrected chi connectivity index (χ1v) is 8.25. The van der Waals surface area contributed by atoms with Crippen LogP contribution in [0.5, 0.6) is 0 Å². The second-order valence-electron chi connectivity index (χ2n) is 6.50. The van der Waals surface area contributed by atoms with Crippen molar-refractivity contribution < 1.29 is 4.42 Å². The Hall–Kier alpha value is -1.85. The Bertz CT molecular complexity index is 689. The predicted octanol–water partition coefficient (Wildman–Crippen LogP) is 1.65. The van der Waals surface area contributed by atoms with Gasteiger partial charge in [-0.3, -0.25) is 4.79 Å². The molecule has 3 rings (SSSR count). The van der Waals surface area contributed by atoms with Gasteiger partial charge < -0.3 is 19.2 Å². The summed E-state index contributed by atoms with van der Waals surface area (Å²) in [4.78, 5) is 14.3. The normalized spacial score (nSPS) is 17.4. The maximum atomic E-state index is 12.2. The molecule has 2 heterocycles. The van der Waals surface area contributed by atoms with Crippen LogP contribution in [0.3, 0.4) is 0 Å². The van der Waals surface area contributed by atoms with Gasteiger partial charge in [-0.1, -0.05) is 6.07 Å². The topological polar surface area (TPSA) is 50.4 Å². The highest BCUT2D eigenvalue weighted by Gasteiger charge is 2.21. The Morgan fingerprint density at radius 2 is 2.22 bits per heavy atom. The molecule has 0 spiro atoms. The van der Waals surface area contributed by atoms with E-state index in [-0.39, 0.29) is 5.56 Å². The lowest BCUT2D eigenvalue weighted by atomic mass is 9.91. The quantitative estimate of drug-likeness (QED) is 0.881. The van der Waals surface area contributed by atoms with Gasteiger partial charge in [-0.2, -0.15) is 0 Å². The molecule has 2 aromatic heterocycles. The Kier molecular flexibility index (Phi) is 4.98. The Morgan fingerprint density at radius 3 is 2.96 bits per heavy atom. The van der Waals surface area contributed by atoms with Crippen LogP contribution in [0.4, 0.5) is 0 Å². The fourth-order valence-electron chi connectivity index (χ4n) is 3.20. The molecule has 2 aromatic rings. The summed E-state index contributed by atoms with van der Waals surface area (Å²) in [6.45, 7) is 2.41. The van der Waals surface area contributed by atoms with Crippen LogP contribution in [0.2, 0.25) is 0 Å². The smallest absolute Gasteiger partial charge is 0.250 e. The Balaban J connectivity index is 1.68. The average Bonchev–Trinajstić information content (AvgIpc) is 3.05. The van der Waals surface area contributed by atoms with Gasteiger partial charge >= 0.3 is 0 Å². The molecule has 0 fully saturated rings. The number of pyridine rings is 1. The number of hydrogen-bond donors (Lipinski definition) is 1. The van der Waals surface area contributed by atoms with Gasteiger partial charge in [-0.05, 0) is 51.1 Å². The number of nitrogens with zero attached hydrogens (tertiary/aromatic N) is 2. The summed E-state index contributed by atoms with van der Waals surface area (Å²) in [5.41, 5.74) is 2.63. The third-order valence-corrected chi connectivity index (χ3v) is 4.50. The molecule has 1 N–H and O–H groups in total. The third-order valence-electron chi connectivity index (χ3n) is 4.50. The van der Waals surface area contributed by atoms with E-state index >= 15 is 0 Å². The number of rotatable bonds is 6. The zero-order valence-corrected chi connectivity index (χ0v) is 13.9. The van der Waals surface area contributed by atoms with Gasteiger partial charge in [0.15, 0.2) is 0 Å². The predicted molar refractivity (Wildman–Crippen MR) is 90.6 cm³/mol. The van der Waals surface area contributed by atoms with Gasteiger partial charge in [0.25, 0.3) is 5.56 Å². The summed E-state index contributed by atoms with van der Waals surface area (Å²) in [6.07, 6.45) is 4.68. The number of fused-ring (bicyclic) bond motifs is 1. The summed E-state index contributed by atoms with van der Waals surface area (Å²) in [7, 11) is 4.07. The number of furan rings is 1. The van der Waals surface area contributed by atoms with E-state index in [0.29, 0.717) is 6.04 Å². The zero-order valence-electron chi connectivity index (χ0n) is 13.9. The van der Waals surface area contributed by atoms with Crippen LogP contribution in [-0.2, 0) is 25.9 Å². The fourth-order valence-corrected chi connectivity index (χ4v) is 3.20. The standard InChI is InChI=1S/C18H25N3O2/c1-20(2)9-10-21-17-7-6-15(12-14(17)5-8-18(21)22)19-13-16-4-3-11-23-16/h3-5,8,11,15,19H,6-7,9-10,12-13H2,1-2H3. The zero-order chi connectivity index (χ0) is 16.2. The number of aromatic nitrogens is 1. The Morgan fingerprint density at radius 1 is 1.35 bits per heavy atom. The van der Waals surface area contributed by atoms with Crippen molar-refractivity contribution in [1.29, 1.82) is 0 Å². The molecule has 0 saturated carbocycles. The fraction of sp³-hybridized carbons (Fsp3) is 0.500. The molecule has 0 saturated heterocycles. The lowest BCUT2D eigenvalue weighted by molar-refractivity contribution is 0.368. The Labute approximate surface area is 136 Å². The molecule has 0 radical (unpaired) electrons. The highest BCUT2D eigenvalue weighted by Crippen LogP contribution is 2.20. The van der Waals surface area contributed by atoms with Crippen molar-refractivity contribution in [3.05, 3.63) is 57.9 Å². The van der Waals surface area contributed by atoms with Gasteiger partial charge in [-0.25, -0.2) is 0 Å². The first-order chi connectivity index (χ1) is 11.1. The van der Waals surface area contributed by atoms with Crippen LogP contribution < -0.4 is 10.9 Å². The van der Waals surface area contributed by atoms with Crippen LogP contribution >= 0.6 is 0 Å². The van der Waals surface area contributed by atoms with E-state index < -0.39 is 0 Å². The van der Waals surface area contributed by atoms with E-state index in [1.54, 1.807) is 12.3 Å². The number of nitrogens with one attached hydrogen (secondary N) is 1. The van der Waals surface area contributed by atoms with Crippen molar-refractivity contribution in [1.82, 2.24) is 14.8 Å². The van der Waals surface area contributed by atoms with Crippen molar-refractivity contribution in [3.63, 3.8) is 0 Å². The van der Waals surface area contributed by atoms with Crippen LogP contribution in [-0.4, -0.2) is 36.1 Å². The molecule has 5 nitrogen and oxygen atoms in total. The van der Waals surface area contributed by atoms with Crippen molar-refractivity contribution in [2.45, 2.75) is 38.4 Å². The van der Waals surface area contributed by atoms with Crippen LogP contribution in [0.1, 0.15) is 23.4 Å². The van der Waals surface area contributed by atoms with Crippen molar-refractivity contribution in [3.8, 4) is 0 Å². The van der Waals surface area contributed by atoms with Gasteiger partial charge in [0.05, 0.1) is 12.8 Å². The summed E-state index contributed by atoms with van der Waals surface area (Å²) in [5.74, 6) is 0.965. The minimum Gasteiger partial charge on any atom is -0.468 e. The molecule has 1 aliphatic rings.